The van der Waals surface area contributed by atoms with Gasteiger partial charge in [-0.05, 0) is 87.4 Å². The first-order valence-corrected chi connectivity index (χ1v) is 14.3. The molecule has 2 saturated carbocycles. The molecule has 1 atom stereocenters. The smallest absolute Gasteiger partial charge is 0.258 e. The highest BCUT2D eigenvalue weighted by Gasteiger charge is 2.51. The predicted molar refractivity (Wildman–Crippen MR) is 156 cm³/mol. The number of nitrogens with one attached hydrogen (secondary N) is 3. The number of alkyl halides is 1. The van der Waals surface area contributed by atoms with Crippen LogP contribution >= 0.6 is 11.6 Å². The monoisotopic (exact) mass is 574 g/mol. The predicted octanol–water partition coefficient (Wildman–Crippen LogP) is 6.10. The fourth-order valence-electron chi connectivity index (χ4n) is 5.33. The number of H-pyrrole nitrogens is 1. The van der Waals surface area contributed by atoms with Crippen LogP contribution in [0.5, 0.6) is 0 Å². The lowest BCUT2D eigenvalue weighted by molar-refractivity contribution is -0.131. The van der Waals surface area contributed by atoms with Crippen molar-refractivity contribution in [1.82, 2.24) is 25.3 Å². The maximum Gasteiger partial charge on any atom is 0.258 e. The molecule has 212 valence electrons. The number of carbonyl (C=O) groups excluding carboxylic acids is 2. The first-order valence-electron chi connectivity index (χ1n) is 14.0. The Morgan fingerprint density at radius 1 is 1.12 bits per heavy atom. The quantitative estimate of drug-likeness (QED) is 0.224. The van der Waals surface area contributed by atoms with E-state index in [0.29, 0.717) is 22.3 Å². The Hall–Kier alpha value is -3.98. The summed E-state index contributed by atoms with van der Waals surface area (Å²) in [5.74, 6) is -1.22. The number of hydrogen-bond donors (Lipinski definition) is 3. The third-order valence-electron chi connectivity index (χ3n) is 8.14. The number of nitrogens with zero attached hydrogens (tertiary/aromatic N) is 3. The highest BCUT2D eigenvalue weighted by molar-refractivity contribution is 6.31. The highest BCUT2D eigenvalue weighted by Crippen LogP contribution is 2.40. The number of aromatic amines is 1. The minimum absolute atomic E-state index is 0.101. The van der Waals surface area contributed by atoms with Gasteiger partial charge in [-0.25, -0.2) is 4.39 Å². The zero-order valence-electron chi connectivity index (χ0n) is 23.0. The van der Waals surface area contributed by atoms with E-state index in [2.05, 4.69) is 25.9 Å². The van der Waals surface area contributed by atoms with Crippen molar-refractivity contribution < 1.29 is 14.0 Å². The van der Waals surface area contributed by atoms with Gasteiger partial charge in [-0.2, -0.15) is 10.2 Å². The summed E-state index contributed by atoms with van der Waals surface area (Å²) in [6.07, 6.45) is 5.57. The molecule has 10 heteroatoms. The van der Waals surface area contributed by atoms with E-state index in [1.165, 1.54) is 6.42 Å². The van der Waals surface area contributed by atoms with Crippen molar-refractivity contribution in [1.29, 1.82) is 0 Å². The van der Waals surface area contributed by atoms with Crippen molar-refractivity contribution in [3.8, 4) is 22.4 Å². The van der Waals surface area contributed by atoms with Gasteiger partial charge in [-0.15, -0.1) is 0 Å². The molecule has 1 unspecified atom stereocenters. The van der Waals surface area contributed by atoms with Crippen LogP contribution in [0.15, 0.2) is 54.7 Å². The van der Waals surface area contributed by atoms with Gasteiger partial charge in [0.15, 0.2) is 5.67 Å². The van der Waals surface area contributed by atoms with Crippen molar-refractivity contribution in [2.24, 2.45) is 0 Å². The second-order valence-electron chi connectivity index (χ2n) is 11.1. The maximum absolute atomic E-state index is 14.6. The van der Waals surface area contributed by atoms with Crippen LogP contribution in [0.2, 0.25) is 5.02 Å². The molecule has 2 aliphatic rings. The number of anilines is 1. The van der Waals surface area contributed by atoms with E-state index < -0.39 is 23.5 Å². The Morgan fingerprint density at radius 3 is 2.49 bits per heavy atom. The molecular weight excluding hydrogens is 543 g/mol. The summed E-state index contributed by atoms with van der Waals surface area (Å²) in [5, 5.41) is 17.8. The lowest BCUT2D eigenvalue weighted by atomic mass is 9.92. The van der Waals surface area contributed by atoms with Gasteiger partial charge in [-0.3, -0.25) is 19.4 Å². The molecule has 0 aliphatic heterocycles. The molecule has 2 fully saturated rings. The van der Waals surface area contributed by atoms with Crippen LogP contribution in [0.25, 0.3) is 22.4 Å². The van der Waals surface area contributed by atoms with Crippen LogP contribution in [-0.2, 0) is 16.0 Å². The molecule has 0 radical (unpaired) electrons. The Balaban J connectivity index is 1.24. The molecule has 2 aromatic carbocycles. The maximum atomic E-state index is 14.6. The normalized spacial score (nSPS) is 16.6. The van der Waals surface area contributed by atoms with Gasteiger partial charge in [0.25, 0.3) is 5.91 Å². The molecule has 6 rings (SSSR count). The summed E-state index contributed by atoms with van der Waals surface area (Å²) >= 11 is 6.59. The molecule has 41 heavy (non-hydrogen) atoms. The van der Waals surface area contributed by atoms with Crippen molar-refractivity contribution in [3.05, 3.63) is 76.7 Å². The summed E-state index contributed by atoms with van der Waals surface area (Å²) < 4.78 is 16.7. The Kier molecular flexibility index (Phi) is 7.15. The van der Waals surface area contributed by atoms with Gasteiger partial charge >= 0.3 is 0 Å². The fourth-order valence-corrected chi connectivity index (χ4v) is 5.53. The van der Waals surface area contributed by atoms with Gasteiger partial charge < -0.3 is 10.6 Å². The van der Waals surface area contributed by atoms with E-state index >= 15 is 0 Å². The fraction of sp³-hybridized carbons (Fsp3) is 0.355. The Bertz CT molecular complexity index is 1580. The number of carbonyl (C=O) groups is 2. The number of hydrogen-bond acceptors (Lipinski definition) is 4. The van der Waals surface area contributed by atoms with Crippen LogP contribution < -0.4 is 10.6 Å². The lowest BCUT2D eigenvalue weighted by Gasteiger charge is -2.27. The van der Waals surface area contributed by atoms with Crippen LogP contribution in [0.4, 0.5) is 10.1 Å². The molecule has 2 amide bonds. The highest BCUT2D eigenvalue weighted by atomic mass is 35.5. The summed E-state index contributed by atoms with van der Waals surface area (Å²) in [6.45, 7) is 3.89. The molecule has 4 aromatic rings. The average Bonchev–Trinajstić information content (AvgIpc) is 3.35. The number of rotatable bonds is 9. The van der Waals surface area contributed by atoms with E-state index in [-0.39, 0.29) is 19.3 Å². The van der Waals surface area contributed by atoms with E-state index in [1.54, 1.807) is 24.4 Å². The van der Waals surface area contributed by atoms with Crippen LogP contribution in [0.3, 0.4) is 0 Å². The van der Waals surface area contributed by atoms with Crippen molar-refractivity contribution in [3.63, 3.8) is 0 Å². The second-order valence-corrected chi connectivity index (χ2v) is 11.5. The van der Waals surface area contributed by atoms with E-state index in [4.69, 9.17) is 11.6 Å². The third-order valence-corrected chi connectivity index (χ3v) is 8.51. The standard InChI is InChI=1S/C31H32ClFN6O2/c1-18-28(19(2)38-37-18)20-6-9-23(10-7-20)35-29(40)26(36-30(41)31(33)13-14-31)17-22-16-21(8-11-25(22)32)27-12-15-34-39(27)24-4-3-5-24/h6-12,15-16,24,26H,3-5,13-14,17H2,1-2H3,(H,35,40)(H,36,41)(H,37,38). The summed E-state index contributed by atoms with van der Waals surface area (Å²) in [4.78, 5) is 26.2. The number of amides is 2. The van der Waals surface area contributed by atoms with Gasteiger partial charge in [0, 0.05) is 40.1 Å². The molecule has 2 aromatic heterocycles. The SMILES string of the molecule is Cc1n[nH]c(C)c1-c1ccc(NC(=O)C(Cc2cc(-c3ccnn3C3CCC3)ccc2Cl)NC(=O)C2(F)CC2)cc1. The molecule has 3 N–H and O–H groups in total. The Labute approximate surface area is 242 Å². The molecular formula is C31H32ClFN6O2. The summed E-state index contributed by atoms with van der Waals surface area (Å²) in [6, 6.07) is 14.4. The van der Waals surface area contributed by atoms with Crippen LogP contribution in [-0.4, -0.2) is 43.5 Å². The molecule has 0 saturated heterocycles. The van der Waals surface area contributed by atoms with Crippen molar-refractivity contribution >= 4 is 29.1 Å². The number of benzene rings is 2. The first-order chi connectivity index (χ1) is 19.7. The molecule has 2 heterocycles. The van der Waals surface area contributed by atoms with Gasteiger partial charge in [0.1, 0.15) is 6.04 Å². The van der Waals surface area contributed by atoms with E-state index in [9.17, 15) is 14.0 Å². The molecule has 2 aliphatic carbocycles. The van der Waals surface area contributed by atoms with Crippen LogP contribution in [0.1, 0.15) is 55.1 Å². The number of aryl methyl sites for hydroxylation is 2. The lowest BCUT2D eigenvalue weighted by Crippen LogP contribution is -2.48. The zero-order chi connectivity index (χ0) is 28.7. The third kappa shape index (κ3) is 5.51. The number of aromatic nitrogens is 4. The average molecular weight is 575 g/mol. The minimum atomic E-state index is -1.92. The zero-order valence-corrected chi connectivity index (χ0v) is 23.8. The first kappa shape index (κ1) is 27.2. The molecule has 8 nitrogen and oxygen atoms in total. The van der Waals surface area contributed by atoms with Crippen LogP contribution in [0, 0.1) is 13.8 Å². The summed E-state index contributed by atoms with van der Waals surface area (Å²) in [7, 11) is 0. The Morgan fingerprint density at radius 2 is 1.85 bits per heavy atom. The number of halogens is 2. The van der Waals surface area contributed by atoms with E-state index in [0.717, 1.165) is 46.6 Å². The van der Waals surface area contributed by atoms with Crippen molar-refractivity contribution in [2.45, 2.75) is 70.1 Å². The topological polar surface area (TPSA) is 105 Å². The van der Waals surface area contributed by atoms with Gasteiger partial charge in [0.05, 0.1) is 17.4 Å². The van der Waals surface area contributed by atoms with Crippen molar-refractivity contribution in [2.75, 3.05) is 5.32 Å². The van der Waals surface area contributed by atoms with Gasteiger partial charge in [0.2, 0.25) is 5.91 Å². The largest absolute Gasteiger partial charge is 0.341 e. The van der Waals surface area contributed by atoms with E-state index in [1.807, 2.05) is 48.9 Å². The minimum Gasteiger partial charge on any atom is -0.341 e. The summed E-state index contributed by atoms with van der Waals surface area (Å²) in [5.41, 5.74) is 5.04. The second kappa shape index (κ2) is 10.8. The van der Waals surface area contributed by atoms with Gasteiger partial charge in [-0.1, -0.05) is 29.8 Å². The molecule has 0 spiro atoms. The molecule has 0 bridgehead atoms.